The number of benzene rings is 1. The second kappa shape index (κ2) is 7.80. The van der Waals surface area contributed by atoms with Crippen molar-refractivity contribution in [2.75, 3.05) is 32.0 Å². The lowest BCUT2D eigenvalue weighted by molar-refractivity contribution is -0.121. The molecule has 0 unspecified atom stereocenters. The molecule has 1 aliphatic heterocycles. The largest absolute Gasteiger partial charge is 0.493 e. The SMILES string of the molecule is O=C(CCOc1ccc(Cl)cc1)NCCN1CCCS1(=O)=O. The van der Waals surface area contributed by atoms with Crippen LogP contribution in [0.5, 0.6) is 5.75 Å². The molecule has 0 spiro atoms. The second-order valence-corrected chi connectivity index (χ2v) is 7.50. The van der Waals surface area contributed by atoms with Crippen molar-refractivity contribution in [2.45, 2.75) is 12.8 Å². The number of amides is 1. The lowest BCUT2D eigenvalue weighted by Gasteiger charge is -2.14. The van der Waals surface area contributed by atoms with Crippen molar-refractivity contribution in [2.24, 2.45) is 0 Å². The first kappa shape index (κ1) is 17.1. The molecule has 0 bridgehead atoms. The fourth-order valence-electron chi connectivity index (χ4n) is 2.14. The molecule has 22 heavy (non-hydrogen) atoms. The van der Waals surface area contributed by atoms with E-state index in [0.29, 0.717) is 36.8 Å². The van der Waals surface area contributed by atoms with E-state index in [1.807, 2.05) is 0 Å². The molecule has 0 aromatic heterocycles. The van der Waals surface area contributed by atoms with E-state index >= 15 is 0 Å². The summed E-state index contributed by atoms with van der Waals surface area (Å²) in [4.78, 5) is 11.6. The quantitative estimate of drug-likeness (QED) is 0.806. The van der Waals surface area contributed by atoms with E-state index in [9.17, 15) is 13.2 Å². The van der Waals surface area contributed by atoms with Crippen LogP contribution in [-0.2, 0) is 14.8 Å². The average Bonchev–Trinajstić information content (AvgIpc) is 2.80. The van der Waals surface area contributed by atoms with Crippen LogP contribution in [0.4, 0.5) is 0 Å². The van der Waals surface area contributed by atoms with Crippen LogP contribution < -0.4 is 10.1 Å². The van der Waals surface area contributed by atoms with Gasteiger partial charge in [0.25, 0.3) is 0 Å². The number of sulfonamides is 1. The molecular weight excluding hydrogens is 328 g/mol. The van der Waals surface area contributed by atoms with Crippen LogP contribution >= 0.6 is 11.6 Å². The fraction of sp³-hybridized carbons (Fsp3) is 0.500. The maximum atomic E-state index is 11.6. The molecule has 0 atom stereocenters. The maximum absolute atomic E-state index is 11.6. The third-order valence-corrected chi connectivity index (χ3v) is 5.51. The predicted molar refractivity (Wildman–Crippen MR) is 84.6 cm³/mol. The summed E-state index contributed by atoms with van der Waals surface area (Å²) >= 11 is 5.76. The molecule has 2 rings (SSSR count). The highest BCUT2D eigenvalue weighted by Gasteiger charge is 2.27. The minimum Gasteiger partial charge on any atom is -0.493 e. The van der Waals surface area contributed by atoms with Gasteiger partial charge in [0.1, 0.15) is 5.75 Å². The van der Waals surface area contributed by atoms with Crippen LogP contribution in [0.25, 0.3) is 0 Å². The number of rotatable bonds is 7. The van der Waals surface area contributed by atoms with Gasteiger partial charge in [-0.3, -0.25) is 4.79 Å². The zero-order chi connectivity index (χ0) is 16.0. The summed E-state index contributed by atoms with van der Waals surface area (Å²) in [7, 11) is -3.09. The molecule has 1 aromatic rings. The topological polar surface area (TPSA) is 75.7 Å². The normalized spacial score (nSPS) is 17.3. The first-order valence-electron chi connectivity index (χ1n) is 7.10. The molecule has 1 fully saturated rings. The lowest BCUT2D eigenvalue weighted by atomic mass is 10.3. The van der Waals surface area contributed by atoms with E-state index in [1.54, 1.807) is 24.3 Å². The molecule has 1 aromatic carbocycles. The van der Waals surface area contributed by atoms with Gasteiger partial charge in [0.05, 0.1) is 18.8 Å². The molecule has 122 valence electrons. The van der Waals surface area contributed by atoms with Gasteiger partial charge in [-0.1, -0.05) is 11.6 Å². The monoisotopic (exact) mass is 346 g/mol. The van der Waals surface area contributed by atoms with E-state index in [-0.39, 0.29) is 24.7 Å². The van der Waals surface area contributed by atoms with Crippen molar-refractivity contribution in [3.05, 3.63) is 29.3 Å². The Labute approximate surface area is 135 Å². The van der Waals surface area contributed by atoms with Gasteiger partial charge in [-0.25, -0.2) is 12.7 Å². The van der Waals surface area contributed by atoms with E-state index in [0.717, 1.165) is 0 Å². The van der Waals surface area contributed by atoms with Crippen LogP contribution in [0, 0.1) is 0 Å². The van der Waals surface area contributed by atoms with Gasteiger partial charge in [-0.05, 0) is 30.7 Å². The van der Waals surface area contributed by atoms with Gasteiger partial charge in [0, 0.05) is 24.7 Å². The van der Waals surface area contributed by atoms with Gasteiger partial charge in [0.15, 0.2) is 0 Å². The molecule has 1 N–H and O–H groups in total. The third-order valence-electron chi connectivity index (χ3n) is 3.30. The summed E-state index contributed by atoms with van der Waals surface area (Å²) in [5.41, 5.74) is 0. The average molecular weight is 347 g/mol. The van der Waals surface area contributed by atoms with Crippen LogP contribution in [0.2, 0.25) is 5.02 Å². The summed E-state index contributed by atoms with van der Waals surface area (Å²) < 4.78 is 30.0. The Morgan fingerprint density at radius 2 is 2.05 bits per heavy atom. The van der Waals surface area contributed by atoms with Crippen LogP contribution in [0.1, 0.15) is 12.8 Å². The van der Waals surface area contributed by atoms with Gasteiger partial charge in [-0.15, -0.1) is 0 Å². The summed E-state index contributed by atoms with van der Waals surface area (Å²) in [5.74, 6) is 0.696. The number of carbonyl (C=O) groups is 1. The number of nitrogens with zero attached hydrogens (tertiary/aromatic N) is 1. The second-order valence-electron chi connectivity index (χ2n) is 4.97. The number of nitrogens with one attached hydrogen (secondary N) is 1. The number of halogens is 1. The van der Waals surface area contributed by atoms with Crippen molar-refractivity contribution in [3.8, 4) is 5.75 Å². The molecule has 6 nitrogen and oxygen atoms in total. The Bertz CT molecular complexity index is 604. The van der Waals surface area contributed by atoms with E-state index in [4.69, 9.17) is 16.3 Å². The van der Waals surface area contributed by atoms with Crippen LogP contribution in [-0.4, -0.2) is 50.6 Å². The smallest absolute Gasteiger partial charge is 0.223 e. The molecule has 0 aliphatic carbocycles. The Morgan fingerprint density at radius 3 is 2.68 bits per heavy atom. The summed E-state index contributed by atoms with van der Waals surface area (Å²) in [5, 5.41) is 3.32. The molecule has 8 heteroatoms. The minimum atomic E-state index is -3.09. The Hall–Kier alpha value is -1.31. The Morgan fingerprint density at radius 1 is 1.32 bits per heavy atom. The van der Waals surface area contributed by atoms with Gasteiger partial charge < -0.3 is 10.1 Å². The highest BCUT2D eigenvalue weighted by atomic mass is 35.5. The van der Waals surface area contributed by atoms with E-state index in [2.05, 4.69) is 5.32 Å². The summed E-state index contributed by atoms with van der Waals surface area (Å²) in [6, 6.07) is 6.90. The van der Waals surface area contributed by atoms with E-state index < -0.39 is 10.0 Å². The zero-order valence-electron chi connectivity index (χ0n) is 12.1. The van der Waals surface area contributed by atoms with Crippen molar-refractivity contribution < 1.29 is 17.9 Å². The van der Waals surface area contributed by atoms with Crippen molar-refractivity contribution in [3.63, 3.8) is 0 Å². The number of carbonyl (C=O) groups excluding carboxylic acids is 1. The number of hydrogen-bond acceptors (Lipinski definition) is 4. The van der Waals surface area contributed by atoms with Gasteiger partial charge in [-0.2, -0.15) is 0 Å². The summed E-state index contributed by atoms with van der Waals surface area (Å²) in [6.45, 7) is 1.44. The number of ether oxygens (including phenoxy) is 1. The summed E-state index contributed by atoms with van der Waals surface area (Å²) in [6.07, 6.45) is 0.876. The predicted octanol–water partition coefficient (Wildman–Crippen LogP) is 1.26. The molecule has 1 saturated heterocycles. The minimum absolute atomic E-state index is 0.162. The maximum Gasteiger partial charge on any atom is 0.223 e. The molecular formula is C14H19ClN2O4S. The van der Waals surface area contributed by atoms with Crippen LogP contribution in [0.15, 0.2) is 24.3 Å². The first-order chi connectivity index (χ1) is 10.5. The number of hydrogen-bond donors (Lipinski definition) is 1. The molecule has 1 heterocycles. The molecule has 1 aliphatic rings. The highest BCUT2D eigenvalue weighted by molar-refractivity contribution is 7.89. The molecule has 1 amide bonds. The van der Waals surface area contributed by atoms with Gasteiger partial charge >= 0.3 is 0 Å². The van der Waals surface area contributed by atoms with Crippen molar-refractivity contribution in [1.82, 2.24) is 9.62 Å². The Kier molecular flexibility index (Phi) is 6.05. The fourth-order valence-corrected chi connectivity index (χ4v) is 3.80. The van der Waals surface area contributed by atoms with Crippen molar-refractivity contribution in [1.29, 1.82) is 0 Å². The van der Waals surface area contributed by atoms with Crippen molar-refractivity contribution >= 4 is 27.5 Å². The van der Waals surface area contributed by atoms with E-state index in [1.165, 1.54) is 4.31 Å². The lowest BCUT2D eigenvalue weighted by Crippen LogP contribution is -2.36. The molecule has 0 radical (unpaired) electrons. The Balaban J connectivity index is 1.61. The highest BCUT2D eigenvalue weighted by Crippen LogP contribution is 2.15. The first-order valence-corrected chi connectivity index (χ1v) is 9.09. The standard InChI is InChI=1S/C14H19ClN2O4S/c15-12-2-4-13(5-3-12)21-10-6-14(18)16-7-9-17-8-1-11-22(17,19)20/h2-5H,1,6-11H2,(H,16,18). The zero-order valence-corrected chi connectivity index (χ0v) is 13.7. The third kappa shape index (κ3) is 5.15. The van der Waals surface area contributed by atoms with Crippen LogP contribution in [0.3, 0.4) is 0 Å². The molecule has 0 saturated carbocycles. The van der Waals surface area contributed by atoms with Gasteiger partial charge in [0.2, 0.25) is 15.9 Å².